The number of carbonyl (C=O) groups is 2. The van der Waals surface area contributed by atoms with Crippen LogP contribution in [0.2, 0.25) is 0 Å². The number of hydrogen-bond donors (Lipinski definition) is 1. The van der Waals surface area contributed by atoms with Crippen molar-refractivity contribution in [2.24, 2.45) is 5.92 Å². The molecule has 1 aromatic rings. The quantitative estimate of drug-likeness (QED) is 0.826. The Morgan fingerprint density at radius 3 is 2.57 bits per heavy atom. The van der Waals surface area contributed by atoms with Crippen LogP contribution in [0.25, 0.3) is 0 Å². The number of nitrogens with zero attached hydrogens (tertiary/aromatic N) is 2. The lowest BCUT2D eigenvalue weighted by Crippen LogP contribution is -2.41. The summed E-state index contributed by atoms with van der Waals surface area (Å²) in [6, 6.07) is 3.91. The maximum Gasteiger partial charge on any atom is 0.323 e. The summed E-state index contributed by atoms with van der Waals surface area (Å²) in [7, 11) is 3.65. The molecule has 0 heterocycles. The molecule has 1 aromatic carbocycles. The zero-order chi connectivity index (χ0) is 17.1. The monoisotopic (exact) mass is 326 g/mol. The van der Waals surface area contributed by atoms with Crippen molar-refractivity contribution in [3.8, 4) is 0 Å². The Morgan fingerprint density at radius 1 is 1.26 bits per heavy atom. The van der Waals surface area contributed by atoms with E-state index in [0.717, 1.165) is 6.07 Å². The number of rotatable bonds is 7. The number of carboxylic acids is 1. The summed E-state index contributed by atoms with van der Waals surface area (Å²) in [5.41, 5.74) is 0.186. The molecule has 1 saturated carbocycles. The van der Waals surface area contributed by atoms with Gasteiger partial charge in [-0.15, -0.1) is 0 Å². The first-order valence-electron chi connectivity index (χ1n) is 7.40. The third kappa shape index (κ3) is 4.25. The molecule has 5 nitrogen and oxygen atoms in total. The fourth-order valence-corrected chi connectivity index (χ4v) is 2.60. The lowest BCUT2D eigenvalue weighted by molar-refractivity contribution is -0.145. The van der Waals surface area contributed by atoms with Crippen LogP contribution in [0.4, 0.5) is 8.78 Å². The van der Waals surface area contributed by atoms with Crippen LogP contribution in [0.1, 0.15) is 17.9 Å². The molecule has 2 rings (SSSR count). The minimum atomic E-state index is -1.09. The van der Waals surface area contributed by atoms with E-state index in [1.54, 1.807) is 0 Å². The molecular formula is C16H20F2N2O3. The van der Waals surface area contributed by atoms with Crippen molar-refractivity contribution in [3.63, 3.8) is 0 Å². The fourth-order valence-electron chi connectivity index (χ4n) is 2.60. The van der Waals surface area contributed by atoms with Gasteiger partial charge >= 0.3 is 5.97 Å². The highest BCUT2D eigenvalue weighted by molar-refractivity contribution is 5.86. The second kappa shape index (κ2) is 7.04. The number of benzene rings is 1. The van der Waals surface area contributed by atoms with Crippen LogP contribution >= 0.6 is 0 Å². The SMILES string of the molecule is CN(C)CCN(CC(=O)O)C(=O)[C@H]1C[C@@H]1c1cccc(F)c1F. The van der Waals surface area contributed by atoms with Gasteiger partial charge in [-0.2, -0.15) is 0 Å². The largest absolute Gasteiger partial charge is 0.480 e. The fraction of sp³-hybridized carbons (Fsp3) is 0.500. The molecule has 0 saturated heterocycles. The van der Waals surface area contributed by atoms with Crippen molar-refractivity contribution in [1.29, 1.82) is 0 Å². The highest BCUT2D eigenvalue weighted by Crippen LogP contribution is 2.49. The average molecular weight is 326 g/mol. The van der Waals surface area contributed by atoms with Gasteiger partial charge in [0.05, 0.1) is 0 Å². The highest BCUT2D eigenvalue weighted by Gasteiger charge is 2.47. The maximum absolute atomic E-state index is 13.8. The van der Waals surface area contributed by atoms with Gasteiger partial charge in [-0.1, -0.05) is 12.1 Å². The molecule has 0 bridgehead atoms. The summed E-state index contributed by atoms with van der Waals surface area (Å²) in [4.78, 5) is 26.5. The third-order valence-corrected chi connectivity index (χ3v) is 3.94. The van der Waals surface area contributed by atoms with E-state index in [0.29, 0.717) is 13.0 Å². The molecule has 1 fully saturated rings. The number of aliphatic carboxylic acids is 1. The van der Waals surface area contributed by atoms with Crippen LogP contribution in [0.15, 0.2) is 18.2 Å². The molecule has 0 unspecified atom stereocenters. The molecule has 1 aliphatic carbocycles. The first kappa shape index (κ1) is 17.3. The number of likely N-dealkylation sites (N-methyl/N-ethyl adjacent to an activating group) is 1. The number of halogens is 2. The minimum absolute atomic E-state index is 0.186. The van der Waals surface area contributed by atoms with Gasteiger partial charge in [0.25, 0.3) is 0 Å². The van der Waals surface area contributed by atoms with Crippen molar-refractivity contribution >= 4 is 11.9 Å². The van der Waals surface area contributed by atoms with E-state index in [1.807, 2.05) is 19.0 Å². The Labute approximate surface area is 133 Å². The number of amides is 1. The topological polar surface area (TPSA) is 60.9 Å². The summed E-state index contributed by atoms with van der Waals surface area (Å²) in [5, 5.41) is 8.95. The van der Waals surface area contributed by atoms with Crippen LogP contribution in [0.5, 0.6) is 0 Å². The number of carboxylic acid groups (broad SMARTS) is 1. The molecule has 0 spiro atoms. The molecule has 2 atom stereocenters. The molecule has 0 radical (unpaired) electrons. The van der Waals surface area contributed by atoms with Crippen molar-refractivity contribution in [1.82, 2.24) is 9.80 Å². The average Bonchev–Trinajstić information content (AvgIpc) is 3.25. The first-order valence-corrected chi connectivity index (χ1v) is 7.40. The van der Waals surface area contributed by atoms with Crippen LogP contribution in [0.3, 0.4) is 0 Å². The second-order valence-electron chi connectivity index (χ2n) is 6.05. The van der Waals surface area contributed by atoms with Crippen LogP contribution in [-0.2, 0) is 9.59 Å². The lowest BCUT2D eigenvalue weighted by Gasteiger charge is -2.23. The molecule has 0 aromatic heterocycles. The van der Waals surface area contributed by atoms with E-state index in [2.05, 4.69) is 0 Å². The lowest BCUT2D eigenvalue weighted by atomic mass is 10.1. The standard InChI is InChI=1S/C16H20F2N2O3/c1-19(2)6-7-20(9-14(21)22)16(23)12-8-11(12)10-4-3-5-13(17)15(10)18/h3-5,11-12H,6-9H2,1-2H3,(H,21,22)/t11-,12+/m1/s1. The van der Waals surface area contributed by atoms with Gasteiger partial charge in [0, 0.05) is 19.0 Å². The Hall–Kier alpha value is -2.02. The number of carbonyl (C=O) groups excluding carboxylic acids is 1. The van der Waals surface area contributed by atoms with Gasteiger partial charge < -0.3 is 14.9 Å². The molecule has 1 N–H and O–H groups in total. The van der Waals surface area contributed by atoms with E-state index < -0.39 is 23.5 Å². The Balaban J connectivity index is 2.06. The van der Waals surface area contributed by atoms with E-state index in [4.69, 9.17) is 5.11 Å². The van der Waals surface area contributed by atoms with Gasteiger partial charge in [-0.05, 0) is 38.1 Å². The van der Waals surface area contributed by atoms with Crippen molar-refractivity contribution in [2.45, 2.75) is 12.3 Å². The van der Waals surface area contributed by atoms with Gasteiger partial charge in [-0.25, -0.2) is 8.78 Å². The highest BCUT2D eigenvalue weighted by atomic mass is 19.2. The summed E-state index contributed by atoms with van der Waals surface area (Å²) in [5.74, 6) is -4.13. The molecule has 126 valence electrons. The second-order valence-corrected chi connectivity index (χ2v) is 6.05. The van der Waals surface area contributed by atoms with Crippen molar-refractivity contribution in [2.75, 3.05) is 33.7 Å². The van der Waals surface area contributed by atoms with Crippen molar-refractivity contribution < 1.29 is 23.5 Å². The van der Waals surface area contributed by atoms with E-state index in [9.17, 15) is 18.4 Å². The molecular weight excluding hydrogens is 306 g/mol. The molecule has 1 amide bonds. The molecule has 1 aliphatic rings. The van der Waals surface area contributed by atoms with Gasteiger partial charge in [0.1, 0.15) is 6.54 Å². The Bertz CT molecular complexity index is 607. The van der Waals surface area contributed by atoms with Gasteiger partial charge in [0.2, 0.25) is 5.91 Å². The summed E-state index contributed by atoms with van der Waals surface area (Å²) >= 11 is 0. The van der Waals surface area contributed by atoms with Crippen LogP contribution in [-0.4, -0.2) is 60.5 Å². The van der Waals surface area contributed by atoms with Crippen molar-refractivity contribution in [3.05, 3.63) is 35.4 Å². The Morgan fingerprint density at radius 2 is 1.96 bits per heavy atom. The first-order chi connectivity index (χ1) is 10.8. The van der Waals surface area contributed by atoms with E-state index in [-0.39, 0.29) is 30.5 Å². The zero-order valence-electron chi connectivity index (χ0n) is 13.1. The zero-order valence-corrected chi connectivity index (χ0v) is 13.1. The maximum atomic E-state index is 13.8. The van der Waals surface area contributed by atoms with E-state index in [1.165, 1.54) is 17.0 Å². The molecule has 0 aliphatic heterocycles. The van der Waals surface area contributed by atoms with Gasteiger partial charge in [0.15, 0.2) is 11.6 Å². The molecule has 23 heavy (non-hydrogen) atoms. The summed E-state index contributed by atoms with van der Waals surface area (Å²) in [6.07, 6.45) is 0.414. The minimum Gasteiger partial charge on any atom is -0.480 e. The Kier molecular flexibility index (Phi) is 5.30. The number of hydrogen-bond acceptors (Lipinski definition) is 3. The summed E-state index contributed by atoms with van der Waals surface area (Å²) in [6.45, 7) is 0.430. The van der Waals surface area contributed by atoms with Crippen LogP contribution in [0, 0.1) is 17.6 Å². The predicted octanol–water partition coefficient (Wildman–Crippen LogP) is 1.54. The smallest absolute Gasteiger partial charge is 0.323 e. The third-order valence-electron chi connectivity index (χ3n) is 3.94. The molecule has 7 heteroatoms. The normalized spacial score (nSPS) is 19.7. The predicted molar refractivity (Wildman–Crippen MR) is 80.0 cm³/mol. The van der Waals surface area contributed by atoms with Crippen LogP contribution < -0.4 is 0 Å². The van der Waals surface area contributed by atoms with Gasteiger partial charge in [-0.3, -0.25) is 9.59 Å². The summed E-state index contributed by atoms with van der Waals surface area (Å²) < 4.78 is 27.1. The van der Waals surface area contributed by atoms with E-state index >= 15 is 0 Å².